The molecule has 0 radical (unpaired) electrons. The average molecular weight is 697 g/mol. The van der Waals surface area contributed by atoms with Gasteiger partial charge in [-0.25, -0.2) is 0 Å². The number of hydrogen-bond acceptors (Lipinski definition) is 9. The van der Waals surface area contributed by atoms with Crippen LogP contribution in [0.15, 0.2) is 0 Å². The lowest BCUT2D eigenvalue weighted by Gasteiger charge is -2.28. The first-order valence-electron chi connectivity index (χ1n) is 17.7. The highest BCUT2D eigenvalue weighted by molar-refractivity contribution is 8.01. The van der Waals surface area contributed by atoms with Crippen LogP contribution < -0.4 is 0 Å². The number of hydrogen-bond donors (Lipinski definition) is 0. The summed E-state index contributed by atoms with van der Waals surface area (Å²) in [7, 11) is 0. The summed E-state index contributed by atoms with van der Waals surface area (Å²) in [6, 6.07) is 0. The van der Waals surface area contributed by atoms with Gasteiger partial charge in [0.2, 0.25) is 0 Å². The fraction of sp³-hybridized carbons (Fsp3) is 0.973. The fourth-order valence-corrected chi connectivity index (χ4v) is 6.42. The maximum Gasteiger partial charge on any atom is 0.136 e. The fourth-order valence-electron chi connectivity index (χ4n) is 4.10. The third kappa shape index (κ3) is 32.7. The Labute approximate surface area is 294 Å². The van der Waals surface area contributed by atoms with E-state index < -0.39 is 0 Å². The van der Waals surface area contributed by atoms with Crippen LogP contribution in [-0.2, 0) is 33.2 Å². The summed E-state index contributed by atoms with van der Waals surface area (Å²) < 4.78 is 35.1. The Balaban J connectivity index is 0. The van der Waals surface area contributed by atoms with E-state index in [2.05, 4.69) is 41.5 Å². The zero-order chi connectivity index (χ0) is 35.9. The van der Waals surface area contributed by atoms with E-state index in [9.17, 15) is 4.79 Å². The standard InChI is InChI=1S/C23H48O6.C14H28OS2/c1-17(2)26-13-21(28-19(5)6)11-24-15-23(9,10)16-25-12-22(29-20(7)8)14-27-18(3)4;1-10(2)14(15)9-13(17-12(5)6)7-8-16-11(3)4/h17-22H,11-16H2,1-10H3;10-13H,7-9H2,1-6H3. The van der Waals surface area contributed by atoms with Crippen molar-refractivity contribution in [2.45, 2.75) is 176 Å². The molecular formula is C37H76O7S2. The van der Waals surface area contributed by atoms with E-state index in [4.69, 9.17) is 28.4 Å². The maximum atomic E-state index is 11.8. The predicted molar refractivity (Wildman–Crippen MR) is 201 cm³/mol. The summed E-state index contributed by atoms with van der Waals surface area (Å²) in [5.74, 6) is 1.77. The molecule has 0 aromatic heterocycles. The SMILES string of the molecule is CC(C)OCC(COCC(C)(C)COCC(COC(C)C)OC(C)C)OC(C)C.CC(C)SCCC(CC(=O)C(C)C)SC(C)C. The van der Waals surface area contributed by atoms with E-state index in [1.165, 1.54) is 5.75 Å². The van der Waals surface area contributed by atoms with Crippen molar-refractivity contribution < 1.29 is 33.2 Å². The van der Waals surface area contributed by atoms with Gasteiger partial charge in [-0.1, -0.05) is 55.4 Å². The Hall–Kier alpha value is 0.130. The van der Waals surface area contributed by atoms with Crippen LogP contribution in [-0.4, -0.2) is 104 Å². The summed E-state index contributed by atoms with van der Waals surface area (Å²) in [5, 5.41) is 1.82. The first kappa shape index (κ1) is 48.2. The normalized spacial score (nSPS) is 14.6. The first-order valence-corrected chi connectivity index (χ1v) is 19.7. The van der Waals surface area contributed by atoms with Gasteiger partial charge in [-0.05, 0) is 78.1 Å². The van der Waals surface area contributed by atoms with E-state index in [1.54, 1.807) is 0 Å². The highest BCUT2D eigenvalue weighted by Gasteiger charge is 2.23. The van der Waals surface area contributed by atoms with Crippen molar-refractivity contribution >= 4 is 29.3 Å². The van der Waals surface area contributed by atoms with Crippen molar-refractivity contribution in [1.29, 1.82) is 0 Å². The van der Waals surface area contributed by atoms with Gasteiger partial charge in [0, 0.05) is 23.0 Å². The predicted octanol–water partition coefficient (Wildman–Crippen LogP) is 9.13. The number of carbonyl (C=O) groups is 1. The second-order valence-electron chi connectivity index (χ2n) is 14.9. The van der Waals surface area contributed by atoms with Gasteiger partial charge in [-0.3, -0.25) is 4.79 Å². The van der Waals surface area contributed by atoms with Gasteiger partial charge in [0.05, 0.1) is 64.1 Å². The van der Waals surface area contributed by atoms with Crippen LogP contribution in [0, 0.1) is 11.3 Å². The molecule has 278 valence electrons. The topological polar surface area (TPSA) is 72.5 Å². The van der Waals surface area contributed by atoms with Crippen molar-refractivity contribution in [3.05, 3.63) is 0 Å². The minimum Gasteiger partial charge on any atom is -0.378 e. The summed E-state index contributed by atoms with van der Waals surface area (Å²) in [6.45, 7) is 36.6. The van der Waals surface area contributed by atoms with Crippen molar-refractivity contribution in [2.75, 3.05) is 45.4 Å². The van der Waals surface area contributed by atoms with Gasteiger partial charge in [0.15, 0.2) is 0 Å². The van der Waals surface area contributed by atoms with Crippen LogP contribution in [0.4, 0.5) is 0 Å². The van der Waals surface area contributed by atoms with Gasteiger partial charge in [-0.15, -0.1) is 0 Å². The van der Waals surface area contributed by atoms with Gasteiger partial charge < -0.3 is 28.4 Å². The average Bonchev–Trinajstić information content (AvgIpc) is 2.89. The van der Waals surface area contributed by atoms with Crippen molar-refractivity contribution in [3.8, 4) is 0 Å². The van der Waals surface area contributed by atoms with Crippen molar-refractivity contribution in [3.63, 3.8) is 0 Å². The second-order valence-corrected chi connectivity index (χ2v) is 18.5. The molecule has 3 unspecified atom stereocenters. The summed E-state index contributed by atoms with van der Waals surface area (Å²) in [4.78, 5) is 11.8. The number of Topliss-reactive ketones (excluding diaryl/α,β-unsaturated/α-hetero) is 1. The molecule has 0 aromatic carbocycles. The lowest BCUT2D eigenvalue weighted by molar-refractivity contribution is -0.121. The van der Waals surface area contributed by atoms with Crippen LogP contribution in [0.1, 0.15) is 124 Å². The molecule has 0 heterocycles. The van der Waals surface area contributed by atoms with Crippen LogP contribution in [0.25, 0.3) is 0 Å². The summed E-state index contributed by atoms with van der Waals surface area (Å²) in [6.07, 6.45) is 2.42. The third-order valence-electron chi connectivity index (χ3n) is 6.18. The molecule has 0 rings (SSSR count). The van der Waals surface area contributed by atoms with Crippen LogP contribution in [0.3, 0.4) is 0 Å². The highest BCUT2D eigenvalue weighted by atomic mass is 32.2. The number of rotatable bonds is 27. The lowest BCUT2D eigenvalue weighted by Crippen LogP contribution is -2.34. The van der Waals surface area contributed by atoms with E-state index in [-0.39, 0.29) is 48.0 Å². The van der Waals surface area contributed by atoms with E-state index in [0.717, 1.165) is 12.8 Å². The molecule has 0 aliphatic heterocycles. The molecule has 0 amide bonds. The molecule has 0 N–H and O–H groups in total. The minimum absolute atomic E-state index is 0.0638. The Morgan fingerprint density at radius 3 is 1.37 bits per heavy atom. The van der Waals surface area contributed by atoms with Crippen molar-refractivity contribution in [2.24, 2.45) is 11.3 Å². The second kappa shape index (κ2) is 27.9. The molecule has 0 aliphatic carbocycles. The Bertz CT molecular complexity index is 678. The number of thioether (sulfide) groups is 2. The molecule has 0 aliphatic rings. The zero-order valence-corrected chi connectivity index (χ0v) is 34.4. The van der Waals surface area contributed by atoms with E-state index in [1.807, 2.05) is 92.8 Å². The molecular weight excluding hydrogens is 621 g/mol. The van der Waals surface area contributed by atoms with Crippen LogP contribution >= 0.6 is 23.5 Å². The van der Waals surface area contributed by atoms with Crippen LogP contribution in [0.2, 0.25) is 0 Å². The lowest BCUT2D eigenvalue weighted by atomic mass is 9.96. The number of ether oxygens (including phenoxy) is 6. The van der Waals surface area contributed by atoms with Gasteiger partial charge >= 0.3 is 0 Å². The van der Waals surface area contributed by atoms with E-state index in [0.29, 0.717) is 61.2 Å². The summed E-state index contributed by atoms with van der Waals surface area (Å²) in [5.41, 5.74) is -0.109. The van der Waals surface area contributed by atoms with E-state index >= 15 is 0 Å². The monoisotopic (exact) mass is 697 g/mol. The quantitative estimate of drug-likeness (QED) is 0.0836. The van der Waals surface area contributed by atoms with Crippen molar-refractivity contribution in [1.82, 2.24) is 0 Å². The molecule has 46 heavy (non-hydrogen) atoms. The van der Waals surface area contributed by atoms with Gasteiger partial charge in [0.25, 0.3) is 0 Å². The maximum absolute atomic E-state index is 11.8. The Morgan fingerprint density at radius 1 is 0.609 bits per heavy atom. The van der Waals surface area contributed by atoms with Crippen LogP contribution in [0.5, 0.6) is 0 Å². The number of carbonyl (C=O) groups excluding carboxylic acids is 1. The molecule has 0 fully saturated rings. The molecule has 0 saturated heterocycles. The first-order chi connectivity index (χ1) is 21.2. The third-order valence-corrected chi connectivity index (χ3v) is 8.65. The molecule has 0 saturated carbocycles. The molecule has 0 spiro atoms. The van der Waals surface area contributed by atoms with Gasteiger partial charge in [0.1, 0.15) is 18.0 Å². The highest BCUT2D eigenvalue weighted by Crippen LogP contribution is 2.27. The Morgan fingerprint density at radius 2 is 1.04 bits per heavy atom. The molecule has 7 nitrogen and oxygen atoms in total. The number of ketones is 1. The minimum atomic E-state index is -0.109. The van der Waals surface area contributed by atoms with Gasteiger partial charge in [-0.2, -0.15) is 23.5 Å². The molecule has 9 heteroatoms. The molecule has 0 aromatic rings. The molecule has 3 atom stereocenters. The smallest absolute Gasteiger partial charge is 0.136 e. The zero-order valence-electron chi connectivity index (χ0n) is 32.8. The Kier molecular flexibility index (Phi) is 29.3. The summed E-state index contributed by atoms with van der Waals surface area (Å²) >= 11 is 3.96. The molecule has 0 bridgehead atoms. The largest absolute Gasteiger partial charge is 0.378 e.